The fourth-order valence-corrected chi connectivity index (χ4v) is 3.62. The van der Waals surface area contributed by atoms with Crippen LogP contribution in [0.15, 0.2) is 66.7 Å². The van der Waals surface area contributed by atoms with E-state index in [4.69, 9.17) is 3.32 Å². The Bertz CT molecular complexity index is 876. The molecule has 24 heavy (non-hydrogen) atoms. The maximum absolute atomic E-state index is 5.50. The quantitative estimate of drug-likeness (QED) is 0.521. The van der Waals surface area contributed by atoms with Gasteiger partial charge in [-0.15, -0.1) is 0 Å². The summed E-state index contributed by atoms with van der Waals surface area (Å²) in [5.74, 6) is 0.325. The van der Waals surface area contributed by atoms with Crippen molar-refractivity contribution < 1.29 is 49.0 Å². The van der Waals surface area contributed by atoms with E-state index in [1.165, 1.54) is 33.0 Å². The van der Waals surface area contributed by atoms with E-state index in [0.29, 0.717) is 12.5 Å². The Morgan fingerprint density at radius 2 is 1.58 bits per heavy atom. The molecule has 0 N–H and O–H groups in total. The minimum absolute atomic E-state index is 0. The van der Waals surface area contributed by atoms with E-state index in [1.54, 1.807) is 20.8 Å². The second kappa shape index (κ2) is 8.33. The standard InChI is InChI=1S/C20H15O.2ClH.Ti/c21-13-20-17-8-4-2-6-15(17)10-12-19(20)18-11-9-14-5-1-3-7-16(14)18;;;/h1-12,18H,13H2;2*1H;/q-1;;;+3/p-2. The first-order valence-corrected chi connectivity index (χ1v) is 8.08. The molecule has 4 heteroatoms. The van der Waals surface area contributed by atoms with Crippen LogP contribution in [0.2, 0.25) is 0 Å². The molecule has 1 aliphatic rings. The van der Waals surface area contributed by atoms with Crippen LogP contribution in [-0.4, -0.2) is 0 Å². The normalized spacial score (nSPS) is 14.8. The first-order chi connectivity index (χ1) is 10.9. The Kier molecular flexibility index (Phi) is 6.68. The van der Waals surface area contributed by atoms with Crippen molar-refractivity contribution in [3.05, 3.63) is 89.0 Å². The SMILES string of the molecule is [Cl-].[Cl-].[Ti+2][O]Cc1c(C2C=Cc3ccccc32)ccc2ccccc12. The number of fused-ring (bicyclic) bond motifs is 2. The third-order valence-electron chi connectivity index (χ3n) is 4.43. The van der Waals surface area contributed by atoms with Gasteiger partial charge in [0.15, 0.2) is 0 Å². The fourth-order valence-electron chi connectivity index (χ4n) is 3.40. The summed E-state index contributed by atoms with van der Waals surface area (Å²) in [6, 6.07) is 21.7. The topological polar surface area (TPSA) is 9.23 Å². The van der Waals surface area contributed by atoms with Gasteiger partial charge in [-0.3, -0.25) is 0 Å². The number of hydrogen-bond donors (Lipinski definition) is 0. The molecule has 3 aromatic rings. The molecule has 0 saturated carbocycles. The van der Waals surface area contributed by atoms with Gasteiger partial charge < -0.3 is 24.8 Å². The molecule has 0 aliphatic heterocycles. The summed E-state index contributed by atoms with van der Waals surface area (Å²) >= 11 is 1.77. The van der Waals surface area contributed by atoms with Crippen molar-refractivity contribution in [2.45, 2.75) is 12.5 Å². The minimum atomic E-state index is 0. The van der Waals surface area contributed by atoms with Gasteiger partial charge in [-0.05, 0) is 0 Å². The number of rotatable bonds is 3. The molecule has 0 aromatic heterocycles. The van der Waals surface area contributed by atoms with Crippen molar-refractivity contribution in [2.75, 3.05) is 0 Å². The van der Waals surface area contributed by atoms with E-state index >= 15 is 0 Å². The molecular weight excluding hydrogens is 375 g/mol. The summed E-state index contributed by atoms with van der Waals surface area (Å²) in [4.78, 5) is 0. The van der Waals surface area contributed by atoms with Gasteiger partial charge in [0.1, 0.15) is 0 Å². The molecule has 1 atom stereocenters. The van der Waals surface area contributed by atoms with Crippen molar-refractivity contribution in [1.82, 2.24) is 0 Å². The maximum atomic E-state index is 5.50. The van der Waals surface area contributed by atoms with Crippen molar-refractivity contribution in [1.29, 1.82) is 0 Å². The van der Waals surface area contributed by atoms with Crippen molar-refractivity contribution in [2.24, 2.45) is 0 Å². The van der Waals surface area contributed by atoms with Crippen LogP contribution in [0.25, 0.3) is 16.8 Å². The molecule has 0 radical (unpaired) electrons. The second-order valence-electron chi connectivity index (χ2n) is 5.61. The zero-order chi connectivity index (χ0) is 14.9. The first-order valence-electron chi connectivity index (χ1n) is 7.44. The van der Waals surface area contributed by atoms with Crippen LogP contribution in [0.5, 0.6) is 0 Å². The second-order valence-corrected chi connectivity index (χ2v) is 6.06. The number of halogens is 2. The Hall–Kier alpha value is -1.09. The number of benzene rings is 3. The Morgan fingerprint density at radius 1 is 0.833 bits per heavy atom. The Labute approximate surface area is 166 Å². The molecule has 119 valence electrons. The van der Waals surface area contributed by atoms with E-state index in [9.17, 15) is 0 Å². The van der Waals surface area contributed by atoms with Crippen LogP contribution in [0.3, 0.4) is 0 Å². The molecule has 0 amide bonds. The van der Waals surface area contributed by atoms with Gasteiger partial charge >= 0.3 is 143 Å². The third kappa shape index (κ3) is 3.33. The van der Waals surface area contributed by atoms with E-state index < -0.39 is 0 Å². The molecule has 1 unspecified atom stereocenters. The number of hydrogen-bond acceptors (Lipinski definition) is 1. The van der Waals surface area contributed by atoms with Crippen molar-refractivity contribution in [3.63, 3.8) is 0 Å². The summed E-state index contributed by atoms with van der Waals surface area (Å²) in [5, 5.41) is 2.56. The van der Waals surface area contributed by atoms with E-state index in [0.717, 1.165) is 0 Å². The Balaban J connectivity index is 0.00000104. The van der Waals surface area contributed by atoms with Crippen molar-refractivity contribution in [3.8, 4) is 0 Å². The van der Waals surface area contributed by atoms with Gasteiger partial charge in [0.25, 0.3) is 0 Å². The molecule has 0 saturated heterocycles. The summed E-state index contributed by atoms with van der Waals surface area (Å²) in [7, 11) is 0. The molecule has 3 aromatic carbocycles. The first kappa shape index (κ1) is 19.2. The van der Waals surface area contributed by atoms with Crippen LogP contribution < -0.4 is 24.8 Å². The average molecular weight is 390 g/mol. The zero-order valence-electron chi connectivity index (χ0n) is 12.9. The molecular formula is C20H15Cl2OTi. The molecule has 0 bridgehead atoms. The molecule has 4 rings (SSSR count). The molecule has 0 heterocycles. The van der Waals surface area contributed by atoms with Crippen LogP contribution in [0.1, 0.15) is 28.2 Å². The molecule has 1 aliphatic carbocycles. The van der Waals surface area contributed by atoms with Gasteiger partial charge in [0, 0.05) is 0 Å². The fraction of sp³-hybridized carbons (Fsp3) is 0.100. The summed E-state index contributed by atoms with van der Waals surface area (Å²) in [5.41, 5.74) is 5.35. The van der Waals surface area contributed by atoms with Crippen LogP contribution in [0.4, 0.5) is 0 Å². The zero-order valence-corrected chi connectivity index (χ0v) is 16.0. The average Bonchev–Trinajstić information content (AvgIpc) is 2.99. The third-order valence-corrected chi connectivity index (χ3v) is 4.65. The molecule has 1 nitrogen and oxygen atoms in total. The van der Waals surface area contributed by atoms with Gasteiger partial charge in [-0.1, -0.05) is 0 Å². The van der Waals surface area contributed by atoms with Crippen molar-refractivity contribution >= 4 is 16.8 Å². The molecule has 0 fully saturated rings. The van der Waals surface area contributed by atoms with E-state index in [2.05, 4.69) is 72.8 Å². The van der Waals surface area contributed by atoms with E-state index in [1.807, 2.05) is 0 Å². The van der Waals surface area contributed by atoms with Crippen LogP contribution in [0, 0.1) is 0 Å². The van der Waals surface area contributed by atoms with E-state index in [-0.39, 0.29) is 24.8 Å². The van der Waals surface area contributed by atoms with Gasteiger partial charge in [0.2, 0.25) is 0 Å². The summed E-state index contributed by atoms with van der Waals surface area (Å²) in [6.07, 6.45) is 4.53. The summed E-state index contributed by atoms with van der Waals surface area (Å²) in [6.45, 7) is 0.642. The van der Waals surface area contributed by atoms with Crippen LogP contribution in [-0.2, 0) is 30.7 Å². The predicted molar refractivity (Wildman–Crippen MR) is 86.1 cm³/mol. The number of allylic oxidation sites excluding steroid dienone is 1. The van der Waals surface area contributed by atoms with Crippen LogP contribution >= 0.6 is 0 Å². The van der Waals surface area contributed by atoms with Gasteiger partial charge in [0.05, 0.1) is 0 Å². The molecule has 0 spiro atoms. The monoisotopic (exact) mass is 389 g/mol. The van der Waals surface area contributed by atoms with Gasteiger partial charge in [-0.2, -0.15) is 0 Å². The summed E-state index contributed by atoms with van der Waals surface area (Å²) < 4.78 is 5.50. The Morgan fingerprint density at radius 3 is 2.42 bits per heavy atom. The van der Waals surface area contributed by atoms with Gasteiger partial charge in [-0.25, -0.2) is 0 Å². The predicted octanol–water partition coefficient (Wildman–Crippen LogP) is -1.02.